The van der Waals surface area contributed by atoms with Gasteiger partial charge in [0.15, 0.2) is 6.61 Å². The van der Waals surface area contributed by atoms with Gasteiger partial charge in [0.25, 0.3) is 5.91 Å². The molecule has 0 aliphatic rings. The van der Waals surface area contributed by atoms with E-state index in [0.717, 1.165) is 0 Å². The maximum absolute atomic E-state index is 12.1. The molecule has 1 aromatic rings. The van der Waals surface area contributed by atoms with Gasteiger partial charge in [0.2, 0.25) is 0 Å². The number of amides is 1. The summed E-state index contributed by atoms with van der Waals surface area (Å²) in [5, 5.41) is 2.52. The zero-order chi connectivity index (χ0) is 18.8. The van der Waals surface area contributed by atoms with Crippen LogP contribution in [-0.2, 0) is 19.1 Å². The summed E-state index contributed by atoms with van der Waals surface area (Å²) in [6.07, 6.45) is 0.430. The molecule has 1 rings (SSSR count). The third kappa shape index (κ3) is 6.82. The van der Waals surface area contributed by atoms with Crippen molar-refractivity contribution in [3.05, 3.63) is 29.8 Å². The average molecular weight is 351 g/mol. The molecule has 0 fully saturated rings. The fourth-order valence-corrected chi connectivity index (χ4v) is 2.19. The van der Waals surface area contributed by atoms with Crippen LogP contribution in [0.25, 0.3) is 0 Å². The summed E-state index contributed by atoms with van der Waals surface area (Å²) in [7, 11) is 1.26. The van der Waals surface area contributed by atoms with Crippen molar-refractivity contribution < 1.29 is 28.6 Å². The topological polar surface area (TPSA) is 90.9 Å². The predicted octanol–water partition coefficient (Wildman–Crippen LogP) is 1.95. The first-order valence-electron chi connectivity index (χ1n) is 8.15. The maximum Gasteiger partial charge on any atom is 0.342 e. The lowest BCUT2D eigenvalue weighted by Gasteiger charge is -2.18. The van der Waals surface area contributed by atoms with Gasteiger partial charge >= 0.3 is 11.9 Å². The van der Waals surface area contributed by atoms with Crippen LogP contribution in [0.1, 0.15) is 37.6 Å². The van der Waals surface area contributed by atoms with Crippen molar-refractivity contribution in [1.29, 1.82) is 0 Å². The fraction of sp³-hybridized carbons (Fsp3) is 0.500. The van der Waals surface area contributed by atoms with Crippen LogP contribution in [0.4, 0.5) is 0 Å². The van der Waals surface area contributed by atoms with Gasteiger partial charge in [-0.1, -0.05) is 26.0 Å². The van der Waals surface area contributed by atoms with Gasteiger partial charge in [0.05, 0.1) is 13.7 Å². The van der Waals surface area contributed by atoms with Gasteiger partial charge < -0.3 is 19.5 Å². The number of esters is 2. The molecule has 0 spiro atoms. The number of hydrogen-bond donors (Lipinski definition) is 1. The van der Waals surface area contributed by atoms with Gasteiger partial charge in [0, 0.05) is 0 Å². The minimum Gasteiger partial charge on any atom is -0.493 e. The molecule has 0 heterocycles. The van der Waals surface area contributed by atoms with E-state index < -0.39 is 30.5 Å². The van der Waals surface area contributed by atoms with Gasteiger partial charge in [-0.15, -0.1) is 0 Å². The summed E-state index contributed by atoms with van der Waals surface area (Å²) in [5.74, 6) is -1.20. The van der Waals surface area contributed by atoms with Crippen LogP contribution in [0, 0.1) is 5.92 Å². The molecule has 0 bridgehead atoms. The van der Waals surface area contributed by atoms with E-state index in [-0.39, 0.29) is 11.5 Å². The number of carbonyl (C=O) groups is 3. The van der Waals surface area contributed by atoms with Crippen LogP contribution >= 0.6 is 0 Å². The minimum atomic E-state index is -0.771. The number of rotatable bonds is 9. The summed E-state index contributed by atoms with van der Waals surface area (Å²) < 4.78 is 15.0. The molecule has 0 saturated carbocycles. The van der Waals surface area contributed by atoms with Crippen molar-refractivity contribution in [3.63, 3.8) is 0 Å². The highest BCUT2D eigenvalue weighted by molar-refractivity contribution is 5.94. The number of ether oxygens (including phenoxy) is 3. The first kappa shape index (κ1) is 20.5. The highest BCUT2D eigenvalue weighted by atomic mass is 16.5. The van der Waals surface area contributed by atoms with E-state index in [9.17, 15) is 14.4 Å². The summed E-state index contributed by atoms with van der Waals surface area (Å²) in [4.78, 5) is 35.8. The van der Waals surface area contributed by atoms with E-state index in [4.69, 9.17) is 9.47 Å². The normalized spacial score (nSPS) is 11.6. The Labute approximate surface area is 147 Å². The van der Waals surface area contributed by atoms with Crippen LogP contribution in [0.2, 0.25) is 0 Å². The molecular weight excluding hydrogens is 326 g/mol. The maximum atomic E-state index is 12.1. The Morgan fingerprint density at radius 1 is 1.16 bits per heavy atom. The molecular formula is C18H25NO6. The highest BCUT2D eigenvalue weighted by Crippen LogP contribution is 2.18. The monoisotopic (exact) mass is 351 g/mol. The van der Waals surface area contributed by atoms with Gasteiger partial charge in [-0.05, 0) is 31.4 Å². The van der Waals surface area contributed by atoms with Crippen LogP contribution in [-0.4, -0.2) is 44.2 Å². The molecule has 138 valence electrons. The fourth-order valence-electron chi connectivity index (χ4n) is 2.19. The summed E-state index contributed by atoms with van der Waals surface area (Å²) in [5.41, 5.74) is 0.240. The van der Waals surface area contributed by atoms with Crippen molar-refractivity contribution in [2.75, 3.05) is 20.3 Å². The molecule has 0 aliphatic heterocycles. The Hall–Kier alpha value is -2.57. The summed E-state index contributed by atoms with van der Waals surface area (Å²) in [6.45, 7) is 5.56. The predicted molar refractivity (Wildman–Crippen MR) is 91.3 cm³/mol. The molecule has 7 heteroatoms. The van der Waals surface area contributed by atoms with E-state index in [1.165, 1.54) is 7.11 Å². The largest absolute Gasteiger partial charge is 0.493 e. The van der Waals surface area contributed by atoms with Crippen molar-refractivity contribution in [1.82, 2.24) is 5.32 Å². The standard InChI is InChI=1S/C18H25NO6/c1-5-24-15-9-7-6-8-13(15)17(21)25-11-16(20)19-14(10-12(2)3)18(22)23-4/h6-9,12,14H,5,10-11H2,1-4H3,(H,19,20)/t14-/m0/s1. The second kappa shape index (κ2) is 10.3. The van der Waals surface area contributed by atoms with Gasteiger partial charge in [-0.3, -0.25) is 4.79 Å². The van der Waals surface area contributed by atoms with Gasteiger partial charge in [-0.25, -0.2) is 9.59 Å². The molecule has 7 nitrogen and oxygen atoms in total. The third-order valence-corrected chi connectivity index (χ3v) is 3.27. The molecule has 0 saturated heterocycles. The first-order valence-corrected chi connectivity index (χ1v) is 8.15. The third-order valence-electron chi connectivity index (χ3n) is 3.27. The van der Waals surface area contributed by atoms with E-state index in [1.54, 1.807) is 31.2 Å². The minimum absolute atomic E-state index is 0.185. The van der Waals surface area contributed by atoms with Crippen LogP contribution in [0.15, 0.2) is 24.3 Å². The lowest BCUT2D eigenvalue weighted by molar-refractivity contribution is -0.145. The summed E-state index contributed by atoms with van der Waals surface area (Å²) >= 11 is 0. The quantitative estimate of drug-likeness (QED) is 0.684. The number of para-hydroxylation sites is 1. The lowest BCUT2D eigenvalue weighted by Crippen LogP contribution is -2.44. The first-order chi connectivity index (χ1) is 11.9. The number of methoxy groups -OCH3 is 1. The smallest absolute Gasteiger partial charge is 0.342 e. The molecule has 0 aliphatic carbocycles. The van der Waals surface area contributed by atoms with Crippen molar-refractivity contribution >= 4 is 17.8 Å². The molecule has 0 radical (unpaired) electrons. The number of carbonyl (C=O) groups excluding carboxylic acids is 3. The van der Waals surface area contributed by atoms with E-state index in [2.05, 4.69) is 10.1 Å². The Morgan fingerprint density at radius 2 is 1.84 bits per heavy atom. The lowest BCUT2D eigenvalue weighted by atomic mass is 10.0. The van der Waals surface area contributed by atoms with Gasteiger partial charge in [0.1, 0.15) is 17.4 Å². The summed E-state index contributed by atoms with van der Waals surface area (Å²) in [6, 6.07) is 5.85. The van der Waals surface area contributed by atoms with Gasteiger partial charge in [-0.2, -0.15) is 0 Å². The number of nitrogens with one attached hydrogen (secondary N) is 1. The van der Waals surface area contributed by atoms with Crippen LogP contribution < -0.4 is 10.1 Å². The molecule has 0 unspecified atom stereocenters. The average Bonchev–Trinajstić information content (AvgIpc) is 2.58. The van der Waals surface area contributed by atoms with Crippen LogP contribution in [0.5, 0.6) is 5.75 Å². The van der Waals surface area contributed by atoms with Crippen molar-refractivity contribution in [3.8, 4) is 5.75 Å². The van der Waals surface area contributed by atoms with E-state index in [0.29, 0.717) is 18.8 Å². The number of benzene rings is 1. The van der Waals surface area contributed by atoms with Crippen molar-refractivity contribution in [2.24, 2.45) is 5.92 Å². The van der Waals surface area contributed by atoms with E-state index >= 15 is 0 Å². The Kier molecular flexibility index (Phi) is 8.46. The molecule has 0 aromatic heterocycles. The Bertz CT molecular complexity index is 599. The molecule has 1 atom stereocenters. The second-order valence-corrected chi connectivity index (χ2v) is 5.78. The molecule has 25 heavy (non-hydrogen) atoms. The van der Waals surface area contributed by atoms with Crippen LogP contribution in [0.3, 0.4) is 0 Å². The molecule has 1 aromatic carbocycles. The second-order valence-electron chi connectivity index (χ2n) is 5.78. The molecule has 1 amide bonds. The highest BCUT2D eigenvalue weighted by Gasteiger charge is 2.23. The SMILES string of the molecule is CCOc1ccccc1C(=O)OCC(=O)N[C@@H](CC(C)C)C(=O)OC. The zero-order valence-electron chi connectivity index (χ0n) is 15.0. The van der Waals surface area contributed by atoms with E-state index in [1.807, 2.05) is 13.8 Å². The number of hydrogen-bond acceptors (Lipinski definition) is 6. The molecule has 1 N–H and O–H groups in total. The zero-order valence-corrected chi connectivity index (χ0v) is 15.0. The Morgan fingerprint density at radius 3 is 2.44 bits per heavy atom. The van der Waals surface area contributed by atoms with Crippen molar-refractivity contribution in [2.45, 2.75) is 33.2 Å². The Balaban J connectivity index is 2.63.